The van der Waals surface area contributed by atoms with Crippen molar-refractivity contribution in [2.24, 2.45) is 0 Å². The van der Waals surface area contributed by atoms with Gasteiger partial charge in [-0.3, -0.25) is 4.90 Å². The Bertz CT molecular complexity index is 411. The van der Waals surface area contributed by atoms with E-state index in [4.69, 9.17) is 5.11 Å². The lowest BCUT2D eigenvalue weighted by atomic mass is 10.3. The van der Waals surface area contributed by atoms with Gasteiger partial charge in [-0.25, -0.2) is 9.18 Å². The summed E-state index contributed by atoms with van der Waals surface area (Å²) in [4.78, 5) is 15.0. The van der Waals surface area contributed by atoms with Crippen LogP contribution in [-0.4, -0.2) is 42.3 Å². The first kappa shape index (κ1) is 11.9. The fourth-order valence-corrected chi connectivity index (χ4v) is 1.95. The smallest absolute Gasteiger partial charge is 0.324 e. The molecular formula is C12H15FN2O2. The highest BCUT2D eigenvalue weighted by Crippen LogP contribution is 2.23. The summed E-state index contributed by atoms with van der Waals surface area (Å²) in [6, 6.07) is 6.07. The number of amides is 2. The normalized spacial score (nSPS) is 15.8. The topological polar surface area (TPSA) is 43.8 Å². The van der Waals surface area contributed by atoms with Crippen molar-refractivity contribution >= 4 is 11.7 Å². The SMILES string of the molecule is O=C1N(CCCO)CCN1c1ccccc1F. The Hall–Kier alpha value is -1.62. The second-order valence-electron chi connectivity index (χ2n) is 3.95. The highest BCUT2D eigenvalue weighted by molar-refractivity contribution is 5.94. The van der Waals surface area contributed by atoms with Crippen LogP contribution < -0.4 is 4.90 Å². The Labute approximate surface area is 99.3 Å². The van der Waals surface area contributed by atoms with Gasteiger partial charge in [0.1, 0.15) is 5.82 Å². The Kier molecular flexibility index (Phi) is 3.58. The lowest BCUT2D eigenvalue weighted by Crippen LogP contribution is -2.33. The molecule has 0 aliphatic carbocycles. The molecule has 1 aliphatic rings. The number of urea groups is 1. The van der Waals surface area contributed by atoms with Gasteiger partial charge in [-0.15, -0.1) is 0 Å². The van der Waals surface area contributed by atoms with E-state index in [1.165, 1.54) is 11.0 Å². The summed E-state index contributed by atoms with van der Waals surface area (Å²) in [5, 5.41) is 8.73. The molecule has 5 heteroatoms. The number of halogens is 1. The number of carbonyl (C=O) groups is 1. The second kappa shape index (κ2) is 5.14. The van der Waals surface area contributed by atoms with Gasteiger partial charge in [-0.1, -0.05) is 12.1 Å². The first-order chi connectivity index (χ1) is 8.24. The number of hydrogen-bond acceptors (Lipinski definition) is 2. The van der Waals surface area contributed by atoms with Gasteiger partial charge in [0.2, 0.25) is 0 Å². The minimum Gasteiger partial charge on any atom is -0.396 e. The molecule has 1 N–H and O–H groups in total. The van der Waals surface area contributed by atoms with E-state index in [1.54, 1.807) is 23.1 Å². The third kappa shape index (κ3) is 2.39. The first-order valence-corrected chi connectivity index (χ1v) is 5.66. The second-order valence-corrected chi connectivity index (χ2v) is 3.95. The molecule has 1 aliphatic heterocycles. The fraction of sp³-hybridized carbons (Fsp3) is 0.417. The molecule has 17 heavy (non-hydrogen) atoms. The van der Waals surface area contributed by atoms with Gasteiger partial charge in [0.15, 0.2) is 0 Å². The van der Waals surface area contributed by atoms with E-state index in [1.807, 2.05) is 0 Å². The van der Waals surface area contributed by atoms with Crippen LogP contribution in [0.3, 0.4) is 0 Å². The lowest BCUT2D eigenvalue weighted by Gasteiger charge is -2.18. The first-order valence-electron chi connectivity index (χ1n) is 5.66. The van der Waals surface area contributed by atoms with Crippen LogP contribution in [0.2, 0.25) is 0 Å². The van der Waals surface area contributed by atoms with Crippen LogP contribution >= 0.6 is 0 Å². The zero-order valence-electron chi connectivity index (χ0n) is 9.47. The van der Waals surface area contributed by atoms with Crippen molar-refractivity contribution in [3.8, 4) is 0 Å². The minimum atomic E-state index is -0.384. The van der Waals surface area contributed by atoms with Crippen molar-refractivity contribution in [2.45, 2.75) is 6.42 Å². The maximum atomic E-state index is 13.5. The predicted molar refractivity (Wildman–Crippen MR) is 62.4 cm³/mol. The predicted octanol–water partition coefficient (Wildman–Crippen LogP) is 1.45. The largest absolute Gasteiger partial charge is 0.396 e. The van der Waals surface area contributed by atoms with E-state index in [0.29, 0.717) is 31.7 Å². The molecule has 4 nitrogen and oxygen atoms in total. The van der Waals surface area contributed by atoms with Crippen molar-refractivity contribution in [1.29, 1.82) is 0 Å². The molecule has 0 saturated carbocycles. The highest BCUT2D eigenvalue weighted by Gasteiger charge is 2.30. The molecule has 0 atom stereocenters. The maximum absolute atomic E-state index is 13.5. The average molecular weight is 238 g/mol. The summed E-state index contributed by atoms with van der Waals surface area (Å²) in [5.74, 6) is -0.384. The van der Waals surface area contributed by atoms with E-state index in [0.717, 1.165) is 0 Å². The van der Waals surface area contributed by atoms with Crippen molar-refractivity contribution in [1.82, 2.24) is 4.90 Å². The molecule has 1 aromatic carbocycles. The van der Waals surface area contributed by atoms with Gasteiger partial charge in [-0.2, -0.15) is 0 Å². The van der Waals surface area contributed by atoms with Crippen molar-refractivity contribution in [3.63, 3.8) is 0 Å². The third-order valence-electron chi connectivity index (χ3n) is 2.82. The van der Waals surface area contributed by atoms with Gasteiger partial charge in [0.05, 0.1) is 5.69 Å². The van der Waals surface area contributed by atoms with Gasteiger partial charge in [-0.05, 0) is 18.6 Å². The van der Waals surface area contributed by atoms with Gasteiger partial charge >= 0.3 is 6.03 Å². The van der Waals surface area contributed by atoms with Crippen molar-refractivity contribution in [2.75, 3.05) is 31.1 Å². The molecule has 1 aromatic rings. The monoisotopic (exact) mass is 238 g/mol. The Morgan fingerprint density at radius 3 is 2.76 bits per heavy atom. The van der Waals surface area contributed by atoms with Gasteiger partial charge in [0.25, 0.3) is 0 Å². The Morgan fingerprint density at radius 2 is 2.06 bits per heavy atom. The maximum Gasteiger partial charge on any atom is 0.324 e. The number of nitrogens with zero attached hydrogens (tertiary/aromatic N) is 2. The van der Waals surface area contributed by atoms with Crippen LogP contribution in [0.5, 0.6) is 0 Å². The quantitative estimate of drug-likeness (QED) is 0.862. The summed E-state index contributed by atoms with van der Waals surface area (Å²) in [6.07, 6.45) is 0.552. The lowest BCUT2D eigenvalue weighted by molar-refractivity contribution is 0.211. The molecule has 0 radical (unpaired) electrons. The molecule has 1 saturated heterocycles. The highest BCUT2D eigenvalue weighted by atomic mass is 19.1. The van der Waals surface area contributed by atoms with Crippen LogP contribution in [0.25, 0.3) is 0 Å². The van der Waals surface area contributed by atoms with E-state index in [2.05, 4.69) is 0 Å². The number of carbonyl (C=O) groups excluding carboxylic acids is 1. The van der Waals surface area contributed by atoms with Gasteiger partial charge in [0, 0.05) is 26.2 Å². The fourth-order valence-electron chi connectivity index (χ4n) is 1.95. The van der Waals surface area contributed by atoms with Crippen LogP contribution in [0.15, 0.2) is 24.3 Å². The molecule has 0 aromatic heterocycles. The average Bonchev–Trinajstić information content (AvgIpc) is 2.69. The molecule has 0 unspecified atom stereocenters. The van der Waals surface area contributed by atoms with Crippen molar-refractivity contribution < 1.29 is 14.3 Å². The van der Waals surface area contributed by atoms with Crippen LogP contribution in [0.1, 0.15) is 6.42 Å². The molecule has 2 rings (SSSR count). The summed E-state index contributed by atoms with van der Waals surface area (Å²) in [6.45, 7) is 1.64. The number of anilines is 1. The van der Waals surface area contributed by atoms with Crippen LogP contribution in [0, 0.1) is 5.82 Å². The molecule has 1 fully saturated rings. The Balaban J connectivity index is 2.10. The number of aliphatic hydroxyl groups excluding tert-OH is 1. The van der Waals surface area contributed by atoms with Crippen LogP contribution in [-0.2, 0) is 0 Å². The molecular weight excluding hydrogens is 223 g/mol. The number of benzene rings is 1. The molecule has 0 spiro atoms. The summed E-state index contributed by atoms with van der Waals surface area (Å²) >= 11 is 0. The number of hydrogen-bond donors (Lipinski definition) is 1. The molecule has 2 amide bonds. The Morgan fingerprint density at radius 1 is 1.29 bits per heavy atom. The molecule has 92 valence electrons. The zero-order valence-corrected chi connectivity index (χ0v) is 9.47. The van der Waals surface area contributed by atoms with Gasteiger partial charge < -0.3 is 10.0 Å². The number of rotatable bonds is 4. The van der Waals surface area contributed by atoms with Crippen LogP contribution in [0.4, 0.5) is 14.9 Å². The van der Waals surface area contributed by atoms with E-state index >= 15 is 0 Å². The summed E-state index contributed by atoms with van der Waals surface area (Å²) in [7, 11) is 0. The number of para-hydroxylation sites is 1. The number of aliphatic hydroxyl groups is 1. The minimum absolute atomic E-state index is 0.0590. The summed E-state index contributed by atoms with van der Waals surface area (Å²) < 4.78 is 13.5. The standard InChI is InChI=1S/C12H15FN2O2/c13-10-4-1-2-5-11(10)15-8-7-14(12(15)17)6-3-9-16/h1-2,4-5,16H,3,6-9H2. The molecule has 0 bridgehead atoms. The van der Waals surface area contributed by atoms with E-state index < -0.39 is 0 Å². The van der Waals surface area contributed by atoms with E-state index in [-0.39, 0.29) is 18.5 Å². The van der Waals surface area contributed by atoms with Crippen molar-refractivity contribution in [3.05, 3.63) is 30.1 Å². The summed E-state index contributed by atoms with van der Waals surface area (Å²) in [5.41, 5.74) is 0.323. The molecule has 1 heterocycles. The van der Waals surface area contributed by atoms with E-state index in [9.17, 15) is 9.18 Å². The third-order valence-corrected chi connectivity index (χ3v) is 2.82. The zero-order chi connectivity index (χ0) is 12.3.